The highest BCUT2D eigenvalue weighted by Gasteiger charge is 2.26. The van der Waals surface area contributed by atoms with Crippen molar-refractivity contribution < 1.29 is 9.53 Å². The Hall–Kier alpha value is -0.610. The molecule has 1 unspecified atom stereocenters. The van der Waals surface area contributed by atoms with Gasteiger partial charge in [-0.3, -0.25) is 9.69 Å². The molecule has 0 N–H and O–H groups in total. The second-order valence-corrected chi connectivity index (χ2v) is 4.23. The number of hydrogen-bond acceptors (Lipinski definition) is 3. The quantitative estimate of drug-likeness (QED) is 0.646. The van der Waals surface area contributed by atoms with Gasteiger partial charge in [-0.15, -0.1) is 0 Å². The van der Waals surface area contributed by atoms with E-state index < -0.39 is 0 Å². The van der Waals surface area contributed by atoms with Gasteiger partial charge in [-0.1, -0.05) is 13.8 Å². The van der Waals surface area contributed by atoms with Gasteiger partial charge in [0.15, 0.2) is 0 Å². The van der Waals surface area contributed by atoms with Crippen LogP contribution in [-0.4, -0.2) is 55.7 Å². The zero-order chi connectivity index (χ0) is 10.7. The van der Waals surface area contributed by atoms with Crippen molar-refractivity contribution in [1.29, 1.82) is 0 Å². The minimum absolute atomic E-state index is 0.0476. The molecule has 14 heavy (non-hydrogen) atoms. The Bertz CT molecular complexity index is 204. The van der Waals surface area contributed by atoms with Crippen LogP contribution in [0.15, 0.2) is 0 Å². The van der Waals surface area contributed by atoms with Crippen molar-refractivity contribution in [2.24, 2.45) is 5.92 Å². The minimum atomic E-state index is 0.0476. The summed E-state index contributed by atoms with van der Waals surface area (Å²) < 4.78 is 5.53. The van der Waals surface area contributed by atoms with Crippen LogP contribution in [0.2, 0.25) is 0 Å². The molecular formula is C10H20N2O2. The molecule has 1 saturated heterocycles. The van der Waals surface area contributed by atoms with Crippen molar-refractivity contribution in [3.63, 3.8) is 0 Å². The third-order valence-corrected chi connectivity index (χ3v) is 2.43. The number of hydrogen-bond donors (Lipinski definition) is 0. The van der Waals surface area contributed by atoms with Gasteiger partial charge in [0, 0.05) is 12.5 Å². The lowest BCUT2D eigenvalue weighted by Gasteiger charge is -2.36. The van der Waals surface area contributed by atoms with E-state index in [9.17, 15) is 4.79 Å². The molecule has 4 heteroatoms. The van der Waals surface area contributed by atoms with E-state index in [1.807, 2.05) is 37.7 Å². The fraction of sp³-hybridized carbons (Fsp3) is 0.900. The normalized spacial score (nSPS) is 23.3. The van der Waals surface area contributed by atoms with Gasteiger partial charge in [0.2, 0.25) is 5.91 Å². The molecule has 0 bridgehead atoms. The SMILES string of the molecule is CC(C)C(=O)N1CCOC(N(C)C)C1. The topological polar surface area (TPSA) is 32.8 Å². The van der Waals surface area contributed by atoms with E-state index in [2.05, 4.69) is 0 Å². The summed E-state index contributed by atoms with van der Waals surface area (Å²) in [4.78, 5) is 15.6. The number of likely N-dealkylation sites (N-methyl/N-ethyl adjacent to an activating group) is 1. The van der Waals surface area contributed by atoms with Gasteiger partial charge in [-0.05, 0) is 14.1 Å². The summed E-state index contributed by atoms with van der Waals surface area (Å²) in [5.41, 5.74) is 0. The molecule has 1 rings (SSSR count). The van der Waals surface area contributed by atoms with Crippen LogP contribution >= 0.6 is 0 Å². The Morgan fingerprint density at radius 3 is 2.64 bits per heavy atom. The second-order valence-electron chi connectivity index (χ2n) is 4.23. The third-order valence-electron chi connectivity index (χ3n) is 2.43. The van der Waals surface area contributed by atoms with Gasteiger partial charge < -0.3 is 9.64 Å². The van der Waals surface area contributed by atoms with Crippen LogP contribution in [0.5, 0.6) is 0 Å². The molecule has 1 heterocycles. The largest absolute Gasteiger partial charge is 0.359 e. The van der Waals surface area contributed by atoms with E-state index in [0.29, 0.717) is 13.2 Å². The fourth-order valence-corrected chi connectivity index (χ4v) is 1.51. The Labute approximate surface area is 85.8 Å². The van der Waals surface area contributed by atoms with Crippen LogP contribution in [0.1, 0.15) is 13.8 Å². The average molecular weight is 200 g/mol. The van der Waals surface area contributed by atoms with E-state index in [4.69, 9.17) is 4.74 Å². The van der Waals surface area contributed by atoms with Crippen LogP contribution in [0, 0.1) is 5.92 Å². The molecular weight excluding hydrogens is 180 g/mol. The number of carbonyl (C=O) groups excluding carboxylic acids is 1. The van der Waals surface area contributed by atoms with E-state index in [1.165, 1.54) is 0 Å². The fourth-order valence-electron chi connectivity index (χ4n) is 1.51. The first-order chi connectivity index (χ1) is 6.52. The Kier molecular flexibility index (Phi) is 3.89. The maximum Gasteiger partial charge on any atom is 0.225 e. The van der Waals surface area contributed by atoms with Gasteiger partial charge >= 0.3 is 0 Å². The van der Waals surface area contributed by atoms with Crippen LogP contribution in [0.25, 0.3) is 0 Å². The molecule has 0 aliphatic carbocycles. The Morgan fingerprint density at radius 2 is 2.14 bits per heavy atom. The molecule has 0 aromatic carbocycles. The number of amides is 1. The maximum absolute atomic E-state index is 11.7. The molecule has 0 saturated carbocycles. The molecule has 4 nitrogen and oxygen atoms in total. The van der Waals surface area contributed by atoms with Crippen LogP contribution in [0.3, 0.4) is 0 Å². The lowest BCUT2D eigenvalue weighted by atomic mass is 10.2. The first-order valence-electron chi connectivity index (χ1n) is 5.09. The van der Waals surface area contributed by atoms with Crippen molar-refractivity contribution in [2.45, 2.75) is 20.1 Å². The Balaban J connectivity index is 2.51. The van der Waals surface area contributed by atoms with E-state index >= 15 is 0 Å². The maximum atomic E-state index is 11.7. The summed E-state index contributed by atoms with van der Waals surface area (Å²) in [6.45, 7) is 5.91. The highest BCUT2D eigenvalue weighted by molar-refractivity contribution is 5.78. The molecule has 1 fully saturated rings. The molecule has 0 radical (unpaired) electrons. The predicted octanol–water partition coefficient (Wildman–Crippen LogP) is 0.389. The summed E-state index contributed by atoms with van der Waals surface area (Å²) in [5, 5.41) is 0. The van der Waals surface area contributed by atoms with Gasteiger partial charge in [0.25, 0.3) is 0 Å². The van der Waals surface area contributed by atoms with Crippen molar-refractivity contribution in [1.82, 2.24) is 9.80 Å². The molecule has 0 aromatic rings. The van der Waals surface area contributed by atoms with Gasteiger partial charge in [0.1, 0.15) is 6.23 Å². The van der Waals surface area contributed by atoms with Crippen LogP contribution < -0.4 is 0 Å². The lowest BCUT2D eigenvalue weighted by molar-refractivity contribution is -0.149. The smallest absolute Gasteiger partial charge is 0.225 e. The number of nitrogens with zero attached hydrogens (tertiary/aromatic N) is 2. The highest BCUT2D eigenvalue weighted by atomic mass is 16.5. The summed E-state index contributed by atoms with van der Waals surface area (Å²) in [5.74, 6) is 0.302. The standard InChI is InChI=1S/C10H20N2O2/c1-8(2)10(13)12-5-6-14-9(7-12)11(3)4/h8-9H,5-7H2,1-4H3. The van der Waals surface area contributed by atoms with Gasteiger partial charge in [-0.2, -0.15) is 0 Å². The molecule has 1 aliphatic rings. The lowest BCUT2D eigenvalue weighted by Crippen LogP contribution is -2.51. The molecule has 82 valence electrons. The van der Waals surface area contributed by atoms with Crippen molar-refractivity contribution in [3.05, 3.63) is 0 Å². The molecule has 1 aliphatic heterocycles. The third kappa shape index (κ3) is 2.69. The number of ether oxygens (including phenoxy) is 1. The zero-order valence-electron chi connectivity index (χ0n) is 9.49. The predicted molar refractivity (Wildman–Crippen MR) is 54.8 cm³/mol. The first-order valence-corrected chi connectivity index (χ1v) is 5.09. The monoisotopic (exact) mass is 200 g/mol. The summed E-state index contributed by atoms with van der Waals surface area (Å²) in [6.07, 6.45) is 0.0476. The van der Waals surface area contributed by atoms with E-state index in [0.717, 1.165) is 6.54 Å². The second kappa shape index (κ2) is 4.75. The summed E-state index contributed by atoms with van der Waals surface area (Å²) in [6, 6.07) is 0. The van der Waals surface area contributed by atoms with Crippen molar-refractivity contribution >= 4 is 5.91 Å². The molecule has 1 amide bonds. The van der Waals surface area contributed by atoms with Gasteiger partial charge in [-0.25, -0.2) is 0 Å². The van der Waals surface area contributed by atoms with Gasteiger partial charge in [0.05, 0.1) is 13.2 Å². The molecule has 0 aromatic heterocycles. The average Bonchev–Trinajstić information content (AvgIpc) is 2.16. The Morgan fingerprint density at radius 1 is 1.50 bits per heavy atom. The zero-order valence-corrected chi connectivity index (χ0v) is 9.49. The van der Waals surface area contributed by atoms with Crippen LogP contribution in [-0.2, 0) is 9.53 Å². The first kappa shape index (κ1) is 11.5. The van der Waals surface area contributed by atoms with E-state index in [1.54, 1.807) is 0 Å². The van der Waals surface area contributed by atoms with Crippen molar-refractivity contribution in [3.8, 4) is 0 Å². The summed E-state index contributed by atoms with van der Waals surface area (Å²) in [7, 11) is 3.93. The number of rotatable bonds is 2. The molecule has 1 atom stereocenters. The summed E-state index contributed by atoms with van der Waals surface area (Å²) >= 11 is 0. The van der Waals surface area contributed by atoms with Crippen molar-refractivity contribution in [2.75, 3.05) is 33.8 Å². The molecule has 0 spiro atoms. The minimum Gasteiger partial charge on any atom is -0.359 e. The number of carbonyl (C=O) groups is 1. The number of morpholine rings is 1. The van der Waals surface area contributed by atoms with E-state index in [-0.39, 0.29) is 18.1 Å². The van der Waals surface area contributed by atoms with Crippen LogP contribution in [0.4, 0.5) is 0 Å². The highest BCUT2D eigenvalue weighted by Crippen LogP contribution is 2.10.